The molecule has 2 saturated heterocycles. The van der Waals surface area contributed by atoms with Crippen molar-refractivity contribution in [3.8, 4) is 0 Å². The van der Waals surface area contributed by atoms with E-state index in [2.05, 4.69) is 10.2 Å². The zero-order chi connectivity index (χ0) is 16.8. The Hall–Kier alpha value is -2.08. The molecule has 130 valence electrons. The van der Waals surface area contributed by atoms with Gasteiger partial charge in [0.05, 0.1) is 24.6 Å². The Labute approximate surface area is 142 Å². The Bertz CT molecular complexity index is 577. The largest absolute Gasteiger partial charge is 0.378 e. The first-order chi connectivity index (χ1) is 11.8. The summed E-state index contributed by atoms with van der Waals surface area (Å²) in [4.78, 5) is 28.7. The number of morpholine rings is 1. The highest BCUT2D eigenvalue weighted by Crippen LogP contribution is 2.26. The Morgan fingerprint density at radius 1 is 0.917 bits per heavy atom. The van der Waals surface area contributed by atoms with Gasteiger partial charge in [-0.2, -0.15) is 0 Å². The second-order valence-electron chi connectivity index (χ2n) is 6.28. The highest BCUT2D eigenvalue weighted by atomic mass is 16.5. The van der Waals surface area contributed by atoms with Gasteiger partial charge in [0, 0.05) is 26.2 Å². The number of ether oxygens (including phenoxy) is 1. The second-order valence-corrected chi connectivity index (χ2v) is 6.28. The van der Waals surface area contributed by atoms with E-state index < -0.39 is 11.8 Å². The first-order valence-corrected chi connectivity index (χ1v) is 8.78. The molecule has 1 N–H and O–H groups in total. The smallest absolute Gasteiger partial charge is 0.313 e. The van der Waals surface area contributed by atoms with Crippen molar-refractivity contribution in [3.63, 3.8) is 0 Å². The average Bonchev–Trinajstić information content (AvgIpc) is 2.91. The van der Waals surface area contributed by atoms with Gasteiger partial charge in [-0.15, -0.1) is 0 Å². The van der Waals surface area contributed by atoms with E-state index in [9.17, 15) is 9.59 Å². The van der Waals surface area contributed by atoms with E-state index in [0.717, 1.165) is 44.5 Å². The van der Waals surface area contributed by atoms with Crippen LogP contribution in [0.15, 0.2) is 24.3 Å². The number of nitrogens with zero attached hydrogens (tertiary/aromatic N) is 2. The SMILES string of the molecule is O=C(Nc1ccccc1N1CCOCC1)C(=O)N1CCCCCC1. The molecule has 0 spiro atoms. The molecule has 6 nitrogen and oxygen atoms in total. The summed E-state index contributed by atoms with van der Waals surface area (Å²) in [7, 11) is 0. The monoisotopic (exact) mass is 331 g/mol. The summed E-state index contributed by atoms with van der Waals surface area (Å²) in [6, 6.07) is 7.63. The standard InChI is InChI=1S/C18H25N3O3/c22-17(18(23)21-9-5-1-2-6-10-21)19-15-7-3-4-8-16(15)20-11-13-24-14-12-20/h3-4,7-8H,1-2,5-6,9-14H2,(H,19,22). The predicted molar refractivity (Wildman–Crippen MR) is 93.2 cm³/mol. The van der Waals surface area contributed by atoms with Crippen LogP contribution >= 0.6 is 0 Å². The third-order valence-electron chi connectivity index (χ3n) is 4.59. The van der Waals surface area contributed by atoms with Crippen LogP contribution in [0.4, 0.5) is 11.4 Å². The van der Waals surface area contributed by atoms with Crippen LogP contribution < -0.4 is 10.2 Å². The van der Waals surface area contributed by atoms with Gasteiger partial charge in [0.15, 0.2) is 0 Å². The predicted octanol–water partition coefficient (Wildman–Crippen LogP) is 1.86. The molecule has 0 atom stereocenters. The number of rotatable bonds is 2. The quantitative estimate of drug-likeness (QED) is 0.841. The van der Waals surface area contributed by atoms with Gasteiger partial charge in [0.2, 0.25) is 0 Å². The fraction of sp³-hybridized carbons (Fsp3) is 0.556. The minimum absolute atomic E-state index is 0.423. The van der Waals surface area contributed by atoms with Crippen molar-refractivity contribution in [2.75, 3.05) is 49.6 Å². The molecule has 0 aliphatic carbocycles. The van der Waals surface area contributed by atoms with E-state index in [1.54, 1.807) is 4.90 Å². The lowest BCUT2D eigenvalue weighted by Gasteiger charge is -2.30. The van der Waals surface area contributed by atoms with Crippen LogP contribution in [0.25, 0.3) is 0 Å². The Balaban J connectivity index is 1.68. The summed E-state index contributed by atoms with van der Waals surface area (Å²) < 4.78 is 5.38. The average molecular weight is 331 g/mol. The van der Waals surface area contributed by atoms with E-state index in [-0.39, 0.29) is 0 Å². The lowest BCUT2D eigenvalue weighted by molar-refractivity contribution is -0.143. The minimum Gasteiger partial charge on any atom is -0.378 e. The highest BCUT2D eigenvalue weighted by Gasteiger charge is 2.24. The fourth-order valence-corrected chi connectivity index (χ4v) is 3.25. The first-order valence-electron chi connectivity index (χ1n) is 8.78. The molecule has 2 heterocycles. The molecule has 0 bridgehead atoms. The number of para-hydroxylation sites is 2. The molecule has 6 heteroatoms. The van der Waals surface area contributed by atoms with E-state index in [4.69, 9.17) is 4.74 Å². The molecular formula is C18H25N3O3. The van der Waals surface area contributed by atoms with Crippen molar-refractivity contribution in [1.82, 2.24) is 4.90 Å². The van der Waals surface area contributed by atoms with Gasteiger partial charge in [-0.05, 0) is 25.0 Å². The van der Waals surface area contributed by atoms with Gasteiger partial charge < -0.3 is 19.9 Å². The lowest BCUT2D eigenvalue weighted by Crippen LogP contribution is -2.41. The van der Waals surface area contributed by atoms with Crippen LogP contribution in [0.3, 0.4) is 0 Å². The number of anilines is 2. The number of likely N-dealkylation sites (tertiary alicyclic amines) is 1. The van der Waals surface area contributed by atoms with E-state index in [1.807, 2.05) is 24.3 Å². The number of amides is 2. The van der Waals surface area contributed by atoms with Crippen molar-refractivity contribution >= 4 is 23.2 Å². The third-order valence-corrected chi connectivity index (χ3v) is 4.59. The van der Waals surface area contributed by atoms with E-state index in [1.165, 1.54) is 0 Å². The third kappa shape index (κ3) is 4.06. The summed E-state index contributed by atoms with van der Waals surface area (Å²) >= 11 is 0. The van der Waals surface area contributed by atoms with Gasteiger partial charge in [-0.25, -0.2) is 0 Å². The highest BCUT2D eigenvalue weighted by molar-refractivity contribution is 6.39. The van der Waals surface area contributed by atoms with Crippen molar-refractivity contribution < 1.29 is 14.3 Å². The zero-order valence-corrected chi connectivity index (χ0v) is 14.0. The second kappa shape index (κ2) is 8.15. The van der Waals surface area contributed by atoms with Gasteiger partial charge in [-0.3, -0.25) is 9.59 Å². The molecule has 0 saturated carbocycles. The van der Waals surface area contributed by atoms with Crippen molar-refractivity contribution in [2.24, 2.45) is 0 Å². The topological polar surface area (TPSA) is 61.9 Å². The van der Waals surface area contributed by atoms with Gasteiger partial charge in [0.1, 0.15) is 0 Å². The fourth-order valence-electron chi connectivity index (χ4n) is 3.25. The molecule has 2 fully saturated rings. The maximum atomic E-state index is 12.4. The Morgan fingerprint density at radius 2 is 1.58 bits per heavy atom. The van der Waals surface area contributed by atoms with E-state index in [0.29, 0.717) is 32.0 Å². The molecule has 0 unspecified atom stereocenters. The summed E-state index contributed by atoms with van der Waals surface area (Å²) in [5.41, 5.74) is 1.63. The number of nitrogens with one attached hydrogen (secondary N) is 1. The normalized spacial score (nSPS) is 18.8. The van der Waals surface area contributed by atoms with E-state index >= 15 is 0 Å². The van der Waals surface area contributed by atoms with Crippen molar-refractivity contribution in [3.05, 3.63) is 24.3 Å². The molecule has 24 heavy (non-hydrogen) atoms. The number of carbonyl (C=O) groups is 2. The first kappa shape index (κ1) is 16.8. The van der Waals surface area contributed by atoms with Crippen molar-refractivity contribution in [2.45, 2.75) is 25.7 Å². The maximum absolute atomic E-state index is 12.4. The van der Waals surface area contributed by atoms with Gasteiger partial charge >= 0.3 is 11.8 Å². The van der Waals surface area contributed by atoms with Crippen molar-refractivity contribution in [1.29, 1.82) is 0 Å². The number of hydrogen-bond acceptors (Lipinski definition) is 4. The van der Waals surface area contributed by atoms with Crippen LogP contribution in [-0.4, -0.2) is 56.1 Å². The molecule has 0 aromatic heterocycles. The van der Waals surface area contributed by atoms with Gasteiger partial charge in [-0.1, -0.05) is 25.0 Å². The molecule has 3 rings (SSSR count). The molecular weight excluding hydrogens is 306 g/mol. The number of benzene rings is 1. The van der Waals surface area contributed by atoms with Crippen LogP contribution in [-0.2, 0) is 14.3 Å². The Morgan fingerprint density at radius 3 is 2.29 bits per heavy atom. The van der Waals surface area contributed by atoms with Gasteiger partial charge in [0.25, 0.3) is 0 Å². The maximum Gasteiger partial charge on any atom is 0.313 e. The van der Waals surface area contributed by atoms with Crippen LogP contribution in [0.5, 0.6) is 0 Å². The van der Waals surface area contributed by atoms with Crippen LogP contribution in [0.2, 0.25) is 0 Å². The molecule has 2 aliphatic rings. The molecule has 0 radical (unpaired) electrons. The minimum atomic E-state index is -0.544. The molecule has 1 aromatic carbocycles. The number of hydrogen-bond donors (Lipinski definition) is 1. The molecule has 1 aromatic rings. The van der Waals surface area contributed by atoms with Crippen LogP contribution in [0, 0.1) is 0 Å². The zero-order valence-electron chi connectivity index (χ0n) is 14.0. The summed E-state index contributed by atoms with van der Waals surface area (Å²) in [5, 5.41) is 2.81. The summed E-state index contributed by atoms with van der Waals surface area (Å²) in [6.07, 6.45) is 4.21. The molecule has 2 amide bonds. The summed E-state index contributed by atoms with van der Waals surface area (Å²) in [6.45, 7) is 4.28. The van der Waals surface area contributed by atoms with Crippen LogP contribution in [0.1, 0.15) is 25.7 Å². The Kier molecular flexibility index (Phi) is 5.69. The lowest BCUT2D eigenvalue weighted by atomic mass is 10.2. The molecule has 2 aliphatic heterocycles. The summed E-state index contributed by atoms with van der Waals surface area (Å²) in [5.74, 6) is -0.966. The number of carbonyl (C=O) groups excluding carboxylic acids is 2.